The zero-order chi connectivity index (χ0) is 18.6. The lowest BCUT2D eigenvalue weighted by Crippen LogP contribution is -2.41. The molecule has 9 heteroatoms. The Morgan fingerprint density at radius 2 is 2.16 bits per heavy atom. The van der Waals surface area contributed by atoms with Gasteiger partial charge in [0.2, 0.25) is 0 Å². The van der Waals surface area contributed by atoms with Crippen LogP contribution in [0.4, 0.5) is 4.39 Å². The Labute approximate surface area is 148 Å². The van der Waals surface area contributed by atoms with Crippen LogP contribution >= 0.6 is 11.6 Å². The molecule has 0 amide bonds. The molecule has 25 heavy (non-hydrogen) atoms. The van der Waals surface area contributed by atoms with Crippen LogP contribution < -0.4 is 4.74 Å². The maximum atomic E-state index is 13.4. The minimum atomic E-state index is -1.89. The second-order valence-electron chi connectivity index (χ2n) is 5.37. The fourth-order valence-electron chi connectivity index (χ4n) is 2.27. The lowest BCUT2D eigenvalue weighted by atomic mass is 9.92. The number of hydrogen-bond acceptors (Lipinski definition) is 5. The average molecular weight is 367 g/mol. The molecule has 0 saturated carbocycles. The van der Waals surface area contributed by atoms with Gasteiger partial charge < -0.3 is 14.9 Å². The predicted molar refractivity (Wildman–Crippen MR) is 90.8 cm³/mol. The third kappa shape index (κ3) is 3.83. The summed E-state index contributed by atoms with van der Waals surface area (Å²) in [5, 5.41) is 23.9. The normalized spacial score (nSPS) is 14.3. The Bertz CT molecular complexity index is 827. The molecule has 1 aromatic heterocycles. The zero-order valence-corrected chi connectivity index (χ0v) is 14.3. The van der Waals surface area contributed by atoms with Gasteiger partial charge in [0.25, 0.3) is 0 Å². The van der Waals surface area contributed by atoms with Crippen molar-refractivity contribution in [1.82, 2.24) is 4.98 Å². The molecule has 0 saturated heterocycles. The number of nitrogens with zero attached hydrogens (tertiary/aromatic N) is 4. The summed E-state index contributed by atoms with van der Waals surface area (Å²) in [6, 6.07) is 7.02. The molecular weight excluding hydrogens is 351 g/mol. The van der Waals surface area contributed by atoms with Gasteiger partial charge in [-0.15, -0.1) is 0 Å². The van der Waals surface area contributed by atoms with Crippen LogP contribution in [-0.2, 0) is 5.60 Å². The molecule has 1 aromatic carbocycles. The number of rotatable bonds is 6. The number of hydrogen-bond donors (Lipinski definition) is 2. The lowest BCUT2D eigenvalue weighted by molar-refractivity contribution is -0.0670. The van der Waals surface area contributed by atoms with Gasteiger partial charge in [0.1, 0.15) is 22.9 Å². The molecule has 0 aliphatic rings. The minimum absolute atomic E-state index is 0.0751. The SMILES string of the molecule is COc1ccc(C(O)(CN=[N+]=[N-])C(C)O)nc1-c1ccc(F)c(Cl)c1. The Morgan fingerprint density at radius 1 is 1.44 bits per heavy atom. The molecular formula is C16H16ClFN4O3. The summed E-state index contributed by atoms with van der Waals surface area (Å²) < 4.78 is 18.7. The molecule has 2 unspecified atom stereocenters. The van der Waals surface area contributed by atoms with Crippen LogP contribution in [0.2, 0.25) is 5.02 Å². The first-order valence-electron chi connectivity index (χ1n) is 7.25. The Hall–Kier alpha value is -2.38. The highest BCUT2D eigenvalue weighted by Gasteiger charge is 2.36. The van der Waals surface area contributed by atoms with Crippen molar-refractivity contribution in [3.63, 3.8) is 0 Å². The summed E-state index contributed by atoms with van der Waals surface area (Å²) in [4.78, 5) is 6.94. The van der Waals surface area contributed by atoms with Gasteiger partial charge in [-0.3, -0.25) is 0 Å². The Kier molecular flexibility index (Phi) is 5.81. The number of aliphatic hydroxyl groups is 2. The quantitative estimate of drug-likeness (QED) is 0.463. The van der Waals surface area contributed by atoms with E-state index in [-0.39, 0.29) is 10.7 Å². The highest BCUT2D eigenvalue weighted by atomic mass is 35.5. The maximum Gasteiger partial charge on any atom is 0.145 e. The van der Waals surface area contributed by atoms with Gasteiger partial charge in [-0.25, -0.2) is 9.37 Å². The molecule has 0 fully saturated rings. The molecule has 7 nitrogen and oxygen atoms in total. The Morgan fingerprint density at radius 3 is 2.72 bits per heavy atom. The van der Waals surface area contributed by atoms with Crippen molar-refractivity contribution in [2.75, 3.05) is 13.7 Å². The summed E-state index contributed by atoms with van der Waals surface area (Å²) >= 11 is 5.82. The van der Waals surface area contributed by atoms with Crippen LogP contribution in [-0.4, -0.2) is 35.0 Å². The fraction of sp³-hybridized carbons (Fsp3) is 0.312. The highest BCUT2D eigenvalue weighted by Crippen LogP contribution is 2.34. The van der Waals surface area contributed by atoms with E-state index in [0.29, 0.717) is 17.0 Å². The van der Waals surface area contributed by atoms with Gasteiger partial charge in [-0.2, -0.15) is 0 Å². The van der Waals surface area contributed by atoms with Crippen LogP contribution in [0.25, 0.3) is 21.7 Å². The summed E-state index contributed by atoms with van der Waals surface area (Å²) in [7, 11) is 1.44. The number of ether oxygens (including phenoxy) is 1. The van der Waals surface area contributed by atoms with E-state index in [1.807, 2.05) is 0 Å². The summed E-state index contributed by atoms with van der Waals surface area (Å²) in [6.45, 7) is 0.942. The number of azide groups is 1. The van der Waals surface area contributed by atoms with E-state index in [0.717, 1.165) is 0 Å². The topological polar surface area (TPSA) is 111 Å². The molecule has 1 heterocycles. The molecule has 0 spiro atoms. The second kappa shape index (κ2) is 7.67. The van der Waals surface area contributed by atoms with E-state index in [1.165, 1.54) is 38.3 Å². The van der Waals surface area contributed by atoms with E-state index in [4.69, 9.17) is 21.9 Å². The monoisotopic (exact) mass is 366 g/mol. The summed E-state index contributed by atoms with van der Waals surface area (Å²) in [5.41, 5.74) is 7.44. The lowest BCUT2D eigenvalue weighted by Gasteiger charge is -2.29. The molecule has 0 aliphatic heterocycles. The largest absolute Gasteiger partial charge is 0.494 e. The summed E-state index contributed by atoms with van der Waals surface area (Å²) in [6.07, 6.45) is -1.26. The van der Waals surface area contributed by atoms with Gasteiger partial charge in [0, 0.05) is 10.5 Å². The number of halogens is 2. The molecule has 0 radical (unpaired) electrons. The first kappa shape index (κ1) is 19.0. The predicted octanol–water partition coefficient (Wildman–Crippen LogP) is 3.43. The van der Waals surface area contributed by atoms with Crippen LogP contribution in [0.15, 0.2) is 35.4 Å². The molecule has 2 aromatic rings. The number of aromatic nitrogens is 1. The van der Waals surface area contributed by atoms with Crippen molar-refractivity contribution in [3.8, 4) is 17.0 Å². The van der Waals surface area contributed by atoms with Crippen LogP contribution in [0.1, 0.15) is 12.6 Å². The third-order valence-corrected chi connectivity index (χ3v) is 4.07. The van der Waals surface area contributed by atoms with Gasteiger partial charge in [0.05, 0.1) is 30.5 Å². The van der Waals surface area contributed by atoms with Gasteiger partial charge in [-0.1, -0.05) is 16.7 Å². The third-order valence-electron chi connectivity index (χ3n) is 3.78. The molecule has 132 valence electrons. The van der Waals surface area contributed by atoms with E-state index >= 15 is 0 Å². The van der Waals surface area contributed by atoms with Crippen LogP contribution in [0.3, 0.4) is 0 Å². The van der Waals surface area contributed by atoms with Gasteiger partial charge in [0.15, 0.2) is 0 Å². The Balaban J connectivity index is 2.62. The van der Waals surface area contributed by atoms with Gasteiger partial charge >= 0.3 is 0 Å². The number of pyridine rings is 1. The molecule has 2 atom stereocenters. The molecule has 0 bridgehead atoms. The number of methoxy groups -OCH3 is 1. The van der Waals surface area contributed by atoms with E-state index in [1.54, 1.807) is 6.07 Å². The molecule has 2 N–H and O–H groups in total. The van der Waals surface area contributed by atoms with Crippen molar-refractivity contribution >= 4 is 11.6 Å². The number of aliphatic hydroxyl groups excluding tert-OH is 1. The van der Waals surface area contributed by atoms with E-state index in [9.17, 15) is 14.6 Å². The minimum Gasteiger partial charge on any atom is -0.494 e. The van der Waals surface area contributed by atoms with Crippen molar-refractivity contribution in [2.24, 2.45) is 5.11 Å². The van der Waals surface area contributed by atoms with E-state index in [2.05, 4.69) is 15.0 Å². The first-order chi connectivity index (χ1) is 11.8. The fourth-order valence-corrected chi connectivity index (χ4v) is 2.45. The van der Waals surface area contributed by atoms with Crippen molar-refractivity contribution < 1.29 is 19.3 Å². The smallest absolute Gasteiger partial charge is 0.145 e. The van der Waals surface area contributed by atoms with E-state index < -0.39 is 24.1 Å². The second-order valence-corrected chi connectivity index (χ2v) is 5.77. The van der Waals surface area contributed by atoms with Crippen LogP contribution in [0.5, 0.6) is 5.75 Å². The zero-order valence-electron chi connectivity index (χ0n) is 13.5. The first-order valence-corrected chi connectivity index (χ1v) is 7.63. The van der Waals surface area contributed by atoms with Crippen molar-refractivity contribution in [3.05, 3.63) is 57.3 Å². The molecule has 0 aliphatic carbocycles. The number of benzene rings is 1. The van der Waals surface area contributed by atoms with Gasteiger partial charge in [-0.05, 0) is 42.8 Å². The summed E-state index contributed by atoms with van der Waals surface area (Å²) in [5.74, 6) is -0.215. The molecule has 2 rings (SSSR count). The van der Waals surface area contributed by atoms with Crippen molar-refractivity contribution in [1.29, 1.82) is 0 Å². The standard InChI is InChI=1S/C16H16ClFN4O3/c1-9(23)16(24,8-20-22-19)14-6-5-13(25-2)15(21-14)10-3-4-12(18)11(17)7-10/h3-7,9,23-24H,8H2,1-2H3. The highest BCUT2D eigenvalue weighted by molar-refractivity contribution is 6.31. The van der Waals surface area contributed by atoms with Crippen LogP contribution in [0, 0.1) is 5.82 Å². The maximum absolute atomic E-state index is 13.4. The average Bonchev–Trinajstić information content (AvgIpc) is 2.61. The van der Waals surface area contributed by atoms with Crippen molar-refractivity contribution in [2.45, 2.75) is 18.6 Å².